The molecule has 0 unspecified atom stereocenters. The summed E-state index contributed by atoms with van der Waals surface area (Å²) < 4.78 is 0. The van der Waals surface area contributed by atoms with E-state index >= 15 is 0 Å². The zero-order chi connectivity index (χ0) is 31.9. The van der Waals surface area contributed by atoms with Crippen LogP contribution in [0.25, 0.3) is 88.7 Å². The molecule has 0 saturated heterocycles. The highest BCUT2D eigenvalue weighted by Crippen LogP contribution is 2.37. The normalized spacial score (nSPS) is 11.3. The molecule has 0 aliphatic heterocycles. The maximum Gasteiger partial charge on any atom is 0.164 e. The second-order valence-electron chi connectivity index (χ2n) is 12.1. The minimum absolute atomic E-state index is 0.635. The van der Waals surface area contributed by atoms with Crippen LogP contribution < -0.4 is 0 Å². The van der Waals surface area contributed by atoms with Crippen molar-refractivity contribution in [3.05, 3.63) is 176 Å². The molecule has 0 aliphatic rings. The summed E-state index contributed by atoms with van der Waals surface area (Å²) in [5, 5.41) is 7.08. The molecule has 224 valence electrons. The molecule has 0 fully saturated rings. The van der Waals surface area contributed by atoms with Crippen molar-refractivity contribution in [2.24, 2.45) is 0 Å². The van der Waals surface area contributed by atoms with Gasteiger partial charge in [0, 0.05) is 16.7 Å². The van der Waals surface area contributed by atoms with E-state index in [0.29, 0.717) is 17.5 Å². The number of hydrogen-bond donors (Lipinski definition) is 0. The van der Waals surface area contributed by atoms with Crippen molar-refractivity contribution in [2.75, 3.05) is 0 Å². The summed E-state index contributed by atoms with van der Waals surface area (Å²) in [6.45, 7) is 0. The number of nitrogens with zero attached hydrogens (tertiary/aromatic N) is 3. The van der Waals surface area contributed by atoms with Gasteiger partial charge >= 0.3 is 0 Å². The van der Waals surface area contributed by atoms with Gasteiger partial charge in [-0.2, -0.15) is 0 Å². The van der Waals surface area contributed by atoms with Crippen LogP contribution in [0.15, 0.2) is 176 Å². The van der Waals surface area contributed by atoms with E-state index in [9.17, 15) is 0 Å². The predicted octanol–water partition coefficient (Wildman–Crippen LogP) is 11.7. The number of rotatable bonds is 5. The molecule has 0 atom stereocenters. The highest BCUT2D eigenvalue weighted by Gasteiger charge is 2.17. The molecule has 0 N–H and O–H groups in total. The minimum atomic E-state index is 0.635. The quantitative estimate of drug-likeness (QED) is 0.182. The van der Waals surface area contributed by atoms with Gasteiger partial charge in [-0.3, -0.25) is 0 Å². The van der Waals surface area contributed by atoms with E-state index < -0.39 is 0 Å². The number of benzene rings is 8. The Bertz CT molecular complexity index is 2610. The van der Waals surface area contributed by atoms with Gasteiger partial charge in [0.1, 0.15) is 0 Å². The van der Waals surface area contributed by atoms with Crippen molar-refractivity contribution in [2.45, 2.75) is 0 Å². The van der Waals surface area contributed by atoms with E-state index in [2.05, 4.69) is 158 Å². The molecular formula is C45H29N3. The smallest absolute Gasteiger partial charge is 0.164 e. The lowest BCUT2D eigenvalue weighted by Gasteiger charge is -2.14. The zero-order valence-corrected chi connectivity index (χ0v) is 26.1. The first-order valence-electron chi connectivity index (χ1n) is 16.2. The van der Waals surface area contributed by atoms with Gasteiger partial charge < -0.3 is 0 Å². The first kappa shape index (κ1) is 27.8. The monoisotopic (exact) mass is 611 g/mol. The second kappa shape index (κ2) is 11.7. The molecule has 1 aromatic heterocycles. The van der Waals surface area contributed by atoms with Crippen LogP contribution in [0.4, 0.5) is 0 Å². The van der Waals surface area contributed by atoms with Gasteiger partial charge in [-0.25, -0.2) is 15.0 Å². The Balaban J connectivity index is 1.31. The van der Waals surface area contributed by atoms with Gasteiger partial charge in [0.2, 0.25) is 0 Å². The summed E-state index contributed by atoms with van der Waals surface area (Å²) in [5.41, 5.74) is 7.36. The van der Waals surface area contributed by atoms with Crippen LogP contribution in [0.2, 0.25) is 0 Å². The Morgan fingerprint density at radius 1 is 0.250 bits per heavy atom. The van der Waals surface area contributed by atoms with Crippen molar-refractivity contribution >= 4 is 32.3 Å². The number of fused-ring (bicyclic) bond motifs is 4. The molecule has 3 nitrogen and oxygen atoms in total. The first-order valence-corrected chi connectivity index (χ1v) is 16.2. The third-order valence-electron chi connectivity index (χ3n) is 9.06. The third-order valence-corrected chi connectivity index (χ3v) is 9.06. The van der Waals surface area contributed by atoms with E-state index in [0.717, 1.165) is 49.7 Å². The van der Waals surface area contributed by atoms with E-state index in [1.165, 1.54) is 21.5 Å². The fourth-order valence-corrected chi connectivity index (χ4v) is 6.67. The van der Waals surface area contributed by atoms with E-state index in [-0.39, 0.29) is 0 Å². The highest BCUT2D eigenvalue weighted by molar-refractivity contribution is 6.13. The van der Waals surface area contributed by atoms with E-state index in [4.69, 9.17) is 15.0 Å². The molecule has 8 aromatic carbocycles. The van der Waals surface area contributed by atoms with Gasteiger partial charge in [0.25, 0.3) is 0 Å². The lowest BCUT2D eigenvalue weighted by atomic mass is 9.94. The van der Waals surface area contributed by atoms with Crippen molar-refractivity contribution in [3.8, 4) is 56.4 Å². The Kier molecular flexibility index (Phi) is 6.80. The highest BCUT2D eigenvalue weighted by atomic mass is 15.0. The lowest BCUT2D eigenvalue weighted by molar-refractivity contribution is 1.08. The minimum Gasteiger partial charge on any atom is -0.208 e. The van der Waals surface area contributed by atoms with Crippen molar-refractivity contribution < 1.29 is 0 Å². The summed E-state index contributed by atoms with van der Waals surface area (Å²) in [5.74, 6) is 1.93. The topological polar surface area (TPSA) is 38.7 Å². The SMILES string of the molecule is c1ccc(-c2cc(-c3ccc4ccccc4c3)cc(-c3nc(-c4ccccc4)nc(-c4cc5ccccc5c5ccccc45)n3)c2)cc1. The van der Waals surface area contributed by atoms with Crippen molar-refractivity contribution in [1.29, 1.82) is 0 Å². The fourth-order valence-electron chi connectivity index (χ4n) is 6.67. The van der Waals surface area contributed by atoms with Crippen molar-refractivity contribution in [3.63, 3.8) is 0 Å². The van der Waals surface area contributed by atoms with Gasteiger partial charge in [-0.05, 0) is 84.9 Å². The van der Waals surface area contributed by atoms with Gasteiger partial charge in [-0.15, -0.1) is 0 Å². The average molecular weight is 612 g/mol. The molecule has 48 heavy (non-hydrogen) atoms. The molecule has 0 saturated carbocycles. The summed E-state index contributed by atoms with van der Waals surface area (Å²) in [4.78, 5) is 15.5. The number of aromatic nitrogens is 3. The predicted molar refractivity (Wildman–Crippen MR) is 200 cm³/mol. The number of hydrogen-bond acceptors (Lipinski definition) is 3. The molecule has 1 heterocycles. The van der Waals surface area contributed by atoms with Crippen LogP contribution >= 0.6 is 0 Å². The molecule has 0 radical (unpaired) electrons. The third kappa shape index (κ3) is 5.08. The van der Waals surface area contributed by atoms with Crippen LogP contribution in [0, 0.1) is 0 Å². The summed E-state index contributed by atoms with van der Waals surface area (Å²) in [7, 11) is 0. The van der Waals surface area contributed by atoms with Gasteiger partial charge in [-0.1, -0.05) is 146 Å². The van der Waals surface area contributed by atoms with Crippen LogP contribution in [0.1, 0.15) is 0 Å². The molecule has 9 aromatic rings. The molecule has 0 bridgehead atoms. The standard InChI is InChI=1S/C45H29N3/c1-3-13-30(14-4-1)36-26-37(34-24-23-31-15-7-8-18-33(31)25-34)28-38(27-36)44-46-43(32-16-5-2-6-17-32)47-45(48-44)42-29-35-19-9-10-20-39(35)40-21-11-12-22-41(40)42/h1-29H. The van der Waals surface area contributed by atoms with Crippen LogP contribution in [0.3, 0.4) is 0 Å². The first-order chi connectivity index (χ1) is 23.8. The largest absolute Gasteiger partial charge is 0.208 e. The summed E-state index contributed by atoms with van der Waals surface area (Å²) in [6, 6.07) is 61.8. The molecule has 0 aliphatic carbocycles. The van der Waals surface area contributed by atoms with Crippen LogP contribution in [-0.2, 0) is 0 Å². The molecule has 3 heteroatoms. The zero-order valence-electron chi connectivity index (χ0n) is 26.1. The van der Waals surface area contributed by atoms with E-state index in [1.54, 1.807) is 0 Å². The Labute approximate surface area is 278 Å². The Hall–Kier alpha value is -6.45. The maximum atomic E-state index is 5.25. The Morgan fingerprint density at radius 2 is 0.771 bits per heavy atom. The fraction of sp³-hybridized carbons (Fsp3) is 0. The molecule has 0 amide bonds. The van der Waals surface area contributed by atoms with Gasteiger partial charge in [0.05, 0.1) is 0 Å². The van der Waals surface area contributed by atoms with Crippen molar-refractivity contribution in [1.82, 2.24) is 15.0 Å². The van der Waals surface area contributed by atoms with Crippen LogP contribution in [-0.4, -0.2) is 15.0 Å². The molecule has 9 rings (SSSR count). The lowest BCUT2D eigenvalue weighted by Crippen LogP contribution is -2.01. The maximum absolute atomic E-state index is 5.25. The molecule has 0 spiro atoms. The van der Waals surface area contributed by atoms with Crippen LogP contribution in [0.5, 0.6) is 0 Å². The summed E-state index contributed by atoms with van der Waals surface area (Å²) >= 11 is 0. The second-order valence-corrected chi connectivity index (χ2v) is 12.1. The average Bonchev–Trinajstić information content (AvgIpc) is 3.17. The Morgan fingerprint density at radius 3 is 1.52 bits per heavy atom. The summed E-state index contributed by atoms with van der Waals surface area (Å²) in [6.07, 6.45) is 0. The van der Waals surface area contributed by atoms with E-state index in [1.807, 2.05) is 18.2 Å². The molecular weight excluding hydrogens is 583 g/mol. The van der Waals surface area contributed by atoms with Gasteiger partial charge in [0.15, 0.2) is 17.5 Å².